The zero-order chi connectivity index (χ0) is 35.4. The van der Waals surface area contributed by atoms with E-state index in [1.807, 2.05) is 13.0 Å². The minimum atomic E-state index is -1.86. The molecule has 2 aromatic carbocycles. The third kappa shape index (κ3) is 8.10. The van der Waals surface area contributed by atoms with Crippen molar-refractivity contribution < 1.29 is 78.9 Å². The molecule has 4 rings (SSSR count). The standard InChI is InChI=1S/C32H42O16/c1-13(9-15-6-8-18(19(11-15)44-4)45-31-25(37)21(33)23(35)27(47-31)29(39)40)14(2)10-16-5-7-17(43-3)20(12-16)46-32-26(38)22(34)24(36)28(48-32)30(41)42/h5-8,11-14,21-28,31-38H,9-10H2,1-4H3,(H,39,40)(H,41,42). The third-order valence-corrected chi connectivity index (χ3v) is 8.66. The molecular weight excluding hydrogens is 640 g/mol. The fourth-order valence-corrected chi connectivity index (χ4v) is 5.57. The lowest BCUT2D eigenvalue weighted by Crippen LogP contribution is -2.61. The molecular formula is C32H42O16. The van der Waals surface area contributed by atoms with Crippen molar-refractivity contribution >= 4 is 11.9 Å². The van der Waals surface area contributed by atoms with E-state index < -0.39 is 73.4 Å². The minimum absolute atomic E-state index is 0.102. The van der Waals surface area contributed by atoms with Crippen molar-refractivity contribution in [2.75, 3.05) is 14.2 Å². The summed E-state index contributed by atoms with van der Waals surface area (Å²) in [6.07, 6.45) is -16.5. The van der Waals surface area contributed by atoms with Gasteiger partial charge in [-0.15, -0.1) is 0 Å². The van der Waals surface area contributed by atoms with Gasteiger partial charge in [0, 0.05) is 0 Å². The van der Waals surface area contributed by atoms with Gasteiger partial charge in [0.15, 0.2) is 35.2 Å². The van der Waals surface area contributed by atoms with Gasteiger partial charge in [-0.3, -0.25) is 0 Å². The Morgan fingerprint density at radius 1 is 0.604 bits per heavy atom. The van der Waals surface area contributed by atoms with E-state index in [0.717, 1.165) is 11.1 Å². The number of carboxylic acid groups (broad SMARTS) is 2. The molecule has 2 heterocycles. The highest BCUT2D eigenvalue weighted by molar-refractivity contribution is 5.74. The van der Waals surface area contributed by atoms with Gasteiger partial charge in [0.1, 0.15) is 36.6 Å². The predicted molar refractivity (Wildman–Crippen MR) is 162 cm³/mol. The van der Waals surface area contributed by atoms with Crippen molar-refractivity contribution in [2.24, 2.45) is 11.8 Å². The number of hydrogen-bond acceptors (Lipinski definition) is 14. The molecule has 2 aliphatic rings. The van der Waals surface area contributed by atoms with E-state index in [9.17, 15) is 50.4 Å². The van der Waals surface area contributed by atoms with Crippen LogP contribution in [0.5, 0.6) is 23.0 Å². The molecule has 12 atom stereocenters. The van der Waals surface area contributed by atoms with E-state index in [4.69, 9.17) is 28.4 Å². The zero-order valence-electron chi connectivity index (χ0n) is 26.7. The van der Waals surface area contributed by atoms with Crippen LogP contribution in [0.4, 0.5) is 0 Å². The van der Waals surface area contributed by atoms with Gasteiger partial charge < -0.3 is 69.3 Å². The Balaban J connectivity index is 1.42. The molecule has 0 spiro atoms. The molecule has 2 fully saturated rings. The summed E-state index contributed by atoms with van der Waals surface area (Å²) >= 11 is 0. The summed E-state index contributed by atoms with van der Waals surface area (Å²) in [6.45, 7) is 4.10. The Morgan fingerprint density at radius 3 is 1.42 bits per heavy atom. The lowest BCUT2D eigenvalue weighted by atomic mass is 9.85. The Kier molecular flexibility index (Phi) is 12.1. The first kappa shape index (κ1) is 37.1. The average Bonchev–Trinajstić information content (AvgIpc) is 3.05. The molecule has 266 valence electrons. The van der Waals surface area contributed by atoms with Crippen molar-refractivity contribution in [2.45, 2.75) is 88.1 Å². The lowest BCUT2D eigenvalue weighted by Gasteiger charge is -2.38. The summed E-state index contributed by atoms with van der Waals surface area (Å²) in [7, 11) is 2.80. The highest BCUT2D eigenvalue weighted by Crippen LogP contribution is 2.35. The summed E-state index contributed by atoms with van der Waals surface area (Å²) in [5.41, 5.74) is 1.70. The van der Waals surface area contributed by atoms with Crippen LogP contribution in [0.2, 0.25) is 0 Å². The molecule has 8 N–H and O–H groups in total. The Hall–Kier alpha value is -3.74. The van der Waals surface area contributed by atoms with Gasteiger partial charge in [0.2, 0.25) is 12.6 Å². The fourth-order valence-electron chi connectivity index (χ4n) is 5.57. The maximum atomic E-state index is 11.5. The van der Waals surface area contributed by atoms with E-state index >= 15 is 0 Å². The molecule has 0 aromatic heterocycles. The smallest absolute Gasteiger partial charge is 0.335 e. The van der Waals surface area contributed by atoms with Crippen molar-refractivity contribution in [1.82, 2.24) is 0 Å². The number of benzene rings is 2. The number of ether oxygens (including phenoxy) is 6. The van der Waals surface area contributed by atoms with Crippen LogP contribution in [0, 0.1) is 11.8 Å². The molecule has 0 saturated carbocycles. The SMILES string of the molecule is COc1cc(CC(C)C(C)Cc2ccc(OC)c(OC3OC(C(=O)O)C(O)C(O)C3O)c2)ccc1OC1OC(C(=O)O)C(O)C(O)C1O. The monoisotopic (exact) mass is 682 g/mol. The molecule has 12 unspecified atom stereocenters. The van der Waals surface area contributed by atoms with Crippen molar-refractivity contribution in [3.63, 3.8) is 0 Å². The first-order valence-electron chi connectivity index (χ1n) is 15.2. The number of carboxylic acids is 2. The van der Waals surface area contributed by atoms with Crippen LogP contribution >= 0.6 is 0 Å². The van der Waals surface area contributed by atoms with Gasteiger partial charge in [0.25, 0.3) is 0 Å². The Morgan fingerprint density at radius 2 is 1.00 bits per heavy atom. The highest BCUT2D eigenvalue weighted by atomic mass is 16.7. The number of methoxy groups -OCH3 is 2. The van der Waals surface area contributed by atoms with Gasteiger partial charge in [-0.25, -0.2) is 9.59 Å². The van der Waals surface area contributed by atoms with Crippen LogP contribution in [-0.2, 0) is 31.9 Å². The van der Waals surface area contributed by atoms with Crippen LogP contribution in [0.1, 0.15) is 25.0 Å². The van der Waals surface area contributed by atoms with Gasteiger partial charge >= 0.3 is 11.9 Å². The number of hydrogen-bond donors (Lipinski definition) is 8. The topological polar surface area (TPSA) is 251 Å². The molecule has 0 bridgehead atoms. The van der Waals surface area contributed by atoms with Gasteiger partial charge in [-0.2, -0.15) is 0 Å². The molecule has 0 radical (unpaired) electrons. The molecule has 0 aliphatic carbocycles. The predicted octanol–water partition coefficient (Wildman–Crippen LogP) is -0.697. The number of aliphatic carboxylic acids is 2. The largest absolute Gasteiger partial charge is 0.493 e. The summed E-state index contributed by atoms with van der Waals surface area (Å²) < 4.78 is 32.7. The van der Waals surface area contributed by atoms with E-state index in [-0.39, 0.29) is 34.8 Å². The molecule has 2 saturated heterocycles. The van der Waals surface area contributed by atoms with E-state index in [0.29, 0.717) is 12.8 Å². The Labute approximate surface area is 275 Å². The zero-order valence-corrected chi connectivity index (χ0v) is 26.7. The summed E-state index contributed by atoms with van der Waals surface area (Å²) in [5.74, 6) is -2.06. The average molecular weight is 683 g/mol. The molecule has 48 heavy (non-hydrogen) atoms. The van der Waals surface area contributed by atoms with Crippen LogP contribution in [0.3, 0.4) is 0 Å². The molecule has 2 aromatic rings. The molecule has 16 heteroatoms. The van der Waals surface area contributed by atoms with E-state index in [1.54, 1.807) is 30.3 Å². The van der Waals surface area contributed by atoms with Gasteiger partial charge in [-0.1, -0.05) is 26.0 Å². The lowest BCUT2D eigenvalue weighted by molar-refractivity contribution is -0.271. The number of carbonyl (C=O) groups is 2. The van der Waals surface area contributed by atoms with Gasteiger partial charge in [-0.05, 0) is 60.1 Å². The minimum Gasteiger partial charge on any atom is -0.493 e. The highest BCUT2D eigenvalue weighted by Gasteiger charge is 2.49. The second-order valence-corrected chi connectivity index (χ2v) is 12.0. The van der Waals surface area contributed by atoms with Crippen LogP contribution in [0.25, 0.3) is 0 Å². The second-order valence-electron chi connectivity index (χ2n) is 12.0. The van der Waals surface area contributed by atoms with Crippen LogP contribution in [-0.4, -0.2) is 128 Å². The quantitative estimate of drug-likeness (QED) is 0.130. The first-order valence-corrected chi connectivity index (χ1v) is 15.2. The van der Waals surface area contributed by atoms with Crippen molar-refractivity contribution in [1.29, 1.82) is 0 Å². The molecule has 16 nitrogen and oxygen atoms in total. The van der Waals surface area contributed by atoms with Crippen molar-refractivity contribution in [3.8, 4) is 23.0 Å². The maximum absolute atomic E-state index is 11.5. The summed E-state index contributed by atoms with van der Waals surface area (Å²) in [5, 5.41) is 79.5. The normalized spacial score (nSPS) is 31.7. The van der Waals surface area contributed by atoms with Crippen molar-refractivity contribution in [3.05, 3.63) is 47.5 Å². The fraction of sp³-hybridized carbons (Fsp3) is 0.562. The molecule has 2 aliphatic heterocycles. The Bertz CT molecular complexity index is 1420. The van der Waals surface area contributed by atoms with E-state index in [1.165, 1.54) is 14.2 Å². The van der Waals surface area contributed by atoms with E-state index in [2.05, 4.69) is 6.92 Å². The molecule has 0 amide bonds. The first-order chi connectivity index (χ1) is 22.7. The van der Waals surface area contributed by atoms with Crippen LogP contribution in [0.15, 0.2) is 36.4 Å². The maximum Gasteiger partial charge on any atom is 0.335 e. The summed E-state index contributed by atoms with van der Waals surface area (Å²) in [6, 6.07) is 10.2. The second kappa shape index (κ2) is 15.7. The number of aliphatic hydroxyl groups is 6. The third-order valence-electron chi connectivity index (χ3n) is 8.66. The van der Waals surface area contributed by atoms with Gasteiger partial charge in [0.05, 0.1) is 14.2 Å². The van der Waals surface area contributed by atoms with Crippen LogP contribution < -0.4 is 18.9 Å². The summed E-state index contributed by atoms with van der Waals surface area (Å²) in [4.78, 5) is 22.9. The number of aliphatic hydroxyl groups excluding tert-OH is 6. The number of rotatable bonds is 13.